The average Bonchev–Trinajstić information content (AvgIpc) is 2.99. The molecule has 5 heteroatoms. The number of nitrogens with zero attached hydrogens (tertiary/aromatic N) is 3. The summed E-state index contributed by atoms with van der Waals surface area (Å²) in [5.41, 5.74) is 2.96. The minimum absolute atomic E-state index is 0.0936. The summed E-state index contributed by atoms with van der Waals surface area (Å²) in [6, 6.07) is 6.01. The van der Waals surface area contributed by atoms with Crippen molar-refractivity contribution in [3.05, 3.63) is 24.5 Å². The number of fused-ring (bicyclic) bond motifs is 1. The van der Waals surface area contributed by atoms with Crippen LogP contribution in [0.4, 0.5) is 10.5 Å². The Kier molecular flexibility index (Phi) is 4.84. The van der Waals surface area contributed by atoms with E-state index in [4.69, 9.17) is 0 Å². The second-order valence-electron chi connectivity index (χ2n) is 6.72. The summed E-state index contributed by atoms with van der Waals surface area (Å²) in [5, 5.41) is 2.98. The lowest BCUT2D eigenvalue weighted by molar-refractivity contribution is 0.242. The number of hydrogen-bond acceptors (Lipinski definition) is 3. The van der Waals surface area contributed by atoms with Crippen LogP contribution in [0.25, 0.3) is 11.0 Å². The predicted molar refractivity (Wildman–Crippen MR) is 94.0 cm³/mol. The number of benzene rings is 1. The van der Waals surface area contributed by atoms with Crippen molar-refractivity contribution in [1.29, 1.82) is 0 Å². The van der Waals surface area contributed by atoms with Gasteiger partial charge in [-0.15, -0.1) is 0 Å². The summed E-state index contributed by atoms with van der Waals surface area (Å²) in [6.45, 7) is 7.16. The van der Waals surface area contributed by atoms with Crippen molar-refractivity contribution in [1.82, 2.24) is 14.9 Å². The molecule has 5 nitrogen and oxygen atoms in total. The van der Waals surface area contributed by atoms with Crippen molar-refractivity contribution >= 4 is 22.8 Å². The van der Waals surface area contributed by atoms with E-state index in [1.807, 2.05) is 12.1 Å². The van der Waals surface area contributed by atoms with Crippen LogP contribution in [-0.4, -0.2) is 35.2 Å². The molecule has 124 valence electrons. The molecule has 1 saturated heterocycles. The molecule has 3 rings (SSSR count). The molecule has 1 aliphatic rings. The first-order valence-electron chi connectivity index (χ1n) is 8.66. The largest absolute Gasteiger partial charge is 0.370 e. The molecule has 0 bridgehead atoms. The van der Waals surface area contributed by atoms with Crippen molar-refractivity contribution in [2.24, 2.45) is 5.92 Å². The second kappa shape index (κ2) is 7.02. The molecular formula is C18H26N4O. The number of aromatic nitrogens is 2. The van der Waals surface area contributed by atoms with E-state index < -0.39 is 0 Å². The van der Waals surface area contributed by atoms with E-state index in [9.17, 15) is 4.79 Å². The summed E-state index contributed by atoms with van der Waals surface area (Å²) >= 11 is 0. The predicted octanol–water partition coefficient (Wildman–Crippen LogP) is 3.63. The van der Waals surface area contributed by atoms with Crippen molar-refractivity contribution in [2.75, 3.05) is 24.5 Å². The quantitative estimate of drug-likeness (QED) is 0.937. The Hall–Kier alpha value is -2.04. The molecule has 0 aliphatic carbocycles. The number of carbonyl (C=O) groups is 1. The molecule has 0 spiro atoms. The fraction of sp³-hybridized carbons (Fsp3) is 0.556. The topological polar surface area (TPSA) is 50.2 Å². The molecule has 0 unspecified atom stereocenters. The maximum Gasteiger partial charge on any atom is 0.327 e. The van der Waals surface area contributed by atoms with Gasteiger partial charge in [-0.25, -0.2) is 9.78 Å². The summed E-state index contributed by atoms with van der Waals surface area (Å²) in [5.74, 6) is 0.584. The van der Waals surface area contributed by atoms with Gasteiger partial charge in [-0.3, -0.25) is 4.57 Å². The normalized spacial score (nSPS) is 15.3. The number of amides is 1. The molecule has 1 aliphatic heterocycles. The van der Waals surface area contributed by atoms with Crippen LogP contribution in [0.5, 0.6) is 0 Å². The van der Waals surface area contributed by atoms with Crippen LogP contribution < -0.4 is 10.2 Å². The smallest absolute Gasteiger partial charge is 0.327 e. The Morgan fingerprint density at radius 1 is 1.26 bits per heavy atom. The highest BCUT2D eigenvalue weighted by Crippen LogP contribution is 2.27. The average molecular weight is 314 g/mol. The molecular weight excluding hydrogens is 288 g/mol. The number of carbonyl (C=O) groups excluding carboxylic acids is 1. The van der Waals surface area contributed by atoms with E-state index in [0.29, 0.717) is 12.5 Å². The third-order valence-electron chi connectivity index (χ3n) is 4.47. The Morgan fingerprint density at radius 2 is 2.04 bits per heavy atom. The van der Waals surface area contributed by atoms with E-state index in [-0.39, 0.29) is 6.03 Å². The minimum Gasteiger partial charge on any atom is -0.370 e. The van der Waals surface area contributed by atoms with Crippen molar-refractivity contribution < 1.29 is 4.79 Å². The van der Waals surface area contributed by atoms with Crippen LogP contribution in [0, 0.1) is 5.92 Å². The molecule has 0 atom stereocenters. The van der Waals surface area contributed by atoms with E-state index in [2.05, 4.69) is 35.1 Å². The Bertz CT molecular complexity index is 671. The van der Waals surface area contributed by atoms with Gasteiger partial charge in [-0.05, 0) is 43.7 Å². The van der Waals surface area contributed by atoms with E-state index >= 15 is 0 Å². The number of imidazole rings is 1. The van der Waals surface area contributed by atoms with Gasteiger partial charge in [-0.2, -0.15) is 0 Å². The van der Waals surface area contributed by atoms with Crippen LogP contribution in [-0.2, 0) is 0 Å². The fourth-order valence-corrected chi connectivity index (χ4v) is 3.13. The lowest BCUT2D eigenvalue weighted by Crippen LogP contribution is -2.30. The van der Waals surface area contributed by atoms with Gasteiger partial charge in [0.25, 0.3) is 0 Å². The van der Waals surface area contributed by atoms with Crippen LogP contribution in [0.15, 0.2) is 24.5 Å². The molecule has 2 heterocycles. The Morgan fingerprint density at radius 3 is 2.78 bits per heavy atom. The first-order chi connectivity index (χ1) is 11.2. The maximum absolute atomic E-state index is 12.4. The number of para-hydroxylation sites is 1. The molecule has 2 aromatic rings. The van der Waals surface area contributed by atoms with E-state index in [1.165, 1.54) is 19.3 Å². The summed E-state index contributed by atoms with van der Waals surface area (Å²) in [6.07, 6.45) is 6.39. The first kappa shape index (κ1) is 15.8. The van der Waals surface area contributed by atoms with Crippen molar-refractivity contribution in [3.63, 3.8) is 0 Å². The SMILES string of the molecule is CC(C)CCNC(=O)n1cnc2c(N3CCCCC3)cccc21. The number of hydrogen-bond donors (Lipinski definition) is 1. The van der Waals surface area contributed by atoms with E-state index in [1.54, 1.807) is 10.9 Å². The van der Waals surface area contributed by atoms with Crippen LogP contribution in [0.1, 0.15) is 39.5 Å². The van der Waals surface area contributed by atoms with Gasteiger partial charge in [0, 0.05) is 19.6 Å². The van der Waals surface area contributed by atoms with Gasteiger partial charge in [0.15, 0.2) is 0 Å². The highest BCUT2D eigenvalue weighted by Gasteiger charge is 2.17. The second-order valence-corrected chi connectivity index (χ2v) is 6.72. The molecule has 1 amide bonds. The number of piperidine rings is 1. The molecule has 1 aromatic heterocycles. The lowest BCUT2D eigenvalue weighted by atomic mass is 10.1. The monoisotopic (exact) mass is 314 g/mol. The zero-order chi connectivity index (χ0) is 16.2. The summed E-state index contributed by atoms with van der Waals surface area (Å²) in [7, 11) is 0. The van der Waals surface area contributed by atoms with Gasteiger partial charge in [0.1, 0.15) is 11.8 Å². The van der Waals surface area contributed by atoms with Gasteiger partial charge < -0.3 is 10.2 Å². The molecule has 0 saturated carbocycles. The Balaban J connectivity index is 1.81. The molecule has 1 aromatic carbocycles. The summed E-state index contributed by atoms with van der Waals surface area (Å²) in [4.78, 5) is 19.3. The van der Waals surface area contributed by atoms with E-state index in [0.717, 1.165) is 36.2 Å². The third-order valence-corrected chi connectivity index (χ3v) is 4.47. The van der Waals surface area contributed by atoms with Gasteiger partial charge in [0.05, 0.1) is 11.2 Å². The third kappa shape index (κ3) is 3.49. The fourth-order valence-electron chi connectivity index (χ4n) is 3.13. The van der Waals surface area contributed by atoms with Crippen molar-refractivity contribution in [3.8, 4) is 0 Å². The van der Waals surface area contributed by atoms with Crippen LogP contribution in [0.3, 0.4) is 0 Å². The first-order valence-corrected chi connectivity index (χ1v) is 8.66. The van der Waals surface area contributed by atoms with Crippen LogP contribution in [0.2, 0.25) is 0 Å². The zero-order valence-electron chi connectivity index (χ0n) is 14.1. The highest BCUT2D eigenvalue weighted by molar-refractivity contribution is 5.95. The minimum atomic E-state index is -0.0936. The zero-order valence-corrected chi connectivity index (χ0v) is 14.1. The number of rotatable bonds is 4. The highest BCUT2D eigenvalue weighted by atomic mass is 16.2. The lowest BCUT2D eigenvalue weighted by Gasteiger charge is -2.28. The number of nitrogens with one attached hydrogen (secondary N) is 1. The molecule has 0 radical (unpaired) electrons. The summed E-state index contributed by atoms with van der Waals surface area (Å²) < 4.78 is 1.63. The van der Waals surface area contributed by atoms with Crippen LogP contribution >= 0.6 is 0 Å². The van der Waals surface area contributed by atoms with Gasteiger partial charge in [0.2, 0.25) is 0 Å². The van der Waals surface area contributed by atoms with Crippen molar-refractivity contribution in [2.45, 2.75) is 39.5 Å². The maximum atomic E-state index is 12.4. The standard InChI is InChI=1S/C18H26N4O/c1-14(2)9-10-19-18(23)22-13-20-17-15(7-6-8-16(17)22)21-11-4-3-5-12-21/h6-8,13-14H,3-5,9-12H2,1-2H3,(H,19,23). The molecule has 1 fully saturated rings. The van der Waals surface area contributed by atoms with Gasteiger partial charge >= 0.3 is 6.03 Å². The number of anilines is 1. The van der Waals surface area contributed by atoms with Gasteiger partial charge in [-0.1, -0.05) is 19.9 Å². The molecule has 23 heavy (non-hydrogen) atoms. The molecule has 1 N–H and O–H groups in total. The Labute approximate surface area is 137 Å².